The molecular weight excluding hydrogens is 178 g/mol. The predicted molar refractivity (Wildman–Crippen MR) is 52.6 cm³/mol. The van der Waals surface area contributed by atoms with Crippen LogP contribution in [0.4, 0.5) is 0 Å². The number of hydrogen-bond donors (Lipinski definition) is 3. The fourth-order valence-electron chi connectivity index (χ4n) is 0.283. The van der Waals surface area contributed by atoms with E-state index in [-0.39, 0.29) is 13.2 Å². The van der Waals surface area contributed by atoms with Crippen molar-refractivity contribution in [2.24, 2.45) is 0 Å². The van der Waals surface area contributed by atoms with Gasteiger partial charge in [0, 0.05) is 19.0 Å². The summed E-state index contributed by atoms with van der Waals surface area (Å²) >= 11 is 5.24. The minimum atomic E-state index is 0.139. The molecule has 0 aromatic heterocycles. The normalized spacial score (nSPS) is 8.67. The van der Waals surface area contributed by atoms with E-state index in [9.17, 15) is 0 Å². The highest BCUT2D eigenvalue weighted by Gasteiger charge is 1.78. The average Bonchev–Trinajstić information content (AvgIpc) is 2.07. The maximum absolute atomic E-state index is 8.15. The molecular formula is C8H18ClNO2. The highest BCUT2D eigenvalue weighted by atomic mass is 35.5. The highest BCUT2D eigenvalue weighted by molar-refractivity contribution is 6.19. The number of alkyl halides is 1. The topological polar surface area (TPSA) is 52.5 Å². The van der Waals surface area contributed by atoms with Gasteiger partial charge in [-0.15, -0.1) is 11.6 Å². The first-order chi connectivity index (χ1) is 5.68. The van der Waals surface area contributed by atoms with E-state index in [1.807, 2.05) is 6.92 Å². The van der Waals surface area contributed by atoms with Crippen molar-refractivity contribution in [1.29, 1.82) is 0 Å². The van der Waals surface area contributed by atoms with Crippen LogP contribution < -0.4 is 5.32 Å². The summed E-state index contributed by atoms with van der Waals surface area (Å²) in [6, 6.07) is 0. The van der Waals surface area contributed by atoms with Crippen LogP contribution in [0.5, 0.6) is 0 Å². The predicted octanol–water partition coefficient (Wildman–Crippen LogP) is 0.362. The molecule has 3 nitrogen and oxygen atoms in total. The lowest BCUT2D eigenvalue weighted by atomic mass is 10.4. The summed E-state index contributed by atoms with van der Waals surface area (Å²) in [5.41, 5.74) is 1.02. The third-order valence-corrected chi connectivity index (χ3v) is 1.26. The van der Waals surface area contributed by atoms with E-state index in [0.717, 1.165) is 5.57 Å². The largest absolute Gasteiger partial charge is 0.395 e. The number of allylic oxidation sites excluding steroid dienone is 1. The molecule has 0 amide bonds. The number of hydrogen-bond acceptors (Lipinski definition) is 3. The zero-order chi connectivity index (χ0) is 9.82. The van der Waals surface area contributed by atoms with Gasteiger partial charge in [0.2, 0.25) is 0 Å². The van der Waals surface area contributed by atoms with Crippen molar-refractivity contribution >= 4 is 11.6 Å². The number of halogens is 1. The zero-order valence-electron chi connectivity index (χ0n) is 7.52. The molecule has 0 radical (unpaired) electrons. The molecule has 74 valence electrons. The van der Waals surface area contributed by atoms with Crippen LogP contribution in [0.25, 0.3) is 0 Å². The van der Waals surface area contributed by atoms with Gasteiger partial charge in [0.1, 0.15) is 0 Å². The lowest BCUT2D eigenvalue weighted by molar-refractivity contribution is 0.267. The van der Waals surface area contributed by atoms with E-state index < -0.39 is 0 Å². The molecule has 0 fully saturated rings. The third-order valence-electron chi connectivity index (χ3n) is 0.805. The Morgan fingerprint density at radius 1 is 1.33 bits per heavy atom. The summed E-state index contributed by atoms with van der Waals surface area (Å²) in [5, 5.41) is 19.1. The van der Waals surface area contributed by atoms with Crippen molar-refractivity contribution in [3.63, 3.8) is 0 Å². The summed E-state index contributed by atoms with van der Waals surface area (Å²) in [4.78, 5) is 0. The Labute approximate surface area is 79.1 Å². The maximum Gasteiger partial charge on any atom is 0.0555 e. The molecule has 0 aliphatic heterocycles. The first kappa shape index (κ1) is 14.4. The van der Waals surface area contributed by atoms with Gasteiger partial charge in [-0.2, -0.15) is 0 Å². The van der Waals surface area contributed by atoms with Crippen molar-refractivity contribution in [2.75, 3.05) is 32.2 Å². The second-order valence-corrected chi connectivity index (χ2v) is 2.56. The first-order valence-corrected chi connectivity index (χ1v) is 4.35. The molecule has 12 heavy (non-hydrogen) atoms. The Morgan fingerprint density at radius 2 is 1.67 bits per heavy atom. The van der Waals surface area contributed by atoms with Crippen LogP contribution >= 0.6 is 11.6 Å². The van der Waals surface area contributed by atoms with Crippen LogP contribution in [0.2, 0.25) is 0 Å². The quantitative estimate of drug-likeness (QED) is 0.338. The second-order valence-electron chi connectivity index (χ2n) is 2.29. The van der Waals surface area contributed by atoms with Crippen LogP contribution in [0.1, 0.15) is 6.92 Å². The van der Waals surface area contributed by atoms with Crippen molar-refractivity contribution in [3.8, 4) is 0 Å². The molecule has 3 N–H and O–H groups in total. The molecule has 0 aliphatic rings. The van der Waals surface area contributed by atoms with E-state index in [1.54, 1.807) is 0 Å². The van der Waals surface area contributed by atoms with E-state index in [1.165, 1.54) is 0 Å². The first-order valence-electron chi connectivity index (χ1n) is 3.81. The molecule has 0 spiro atoms. The lowest BCUT2D eigenvalue weighted by Gasteiger charge is -1.94. The molecule has 0 heterocycles. The zero-order valence-corrected chi connectivity index (χ0v) is 8.27. The molecule has 0 aromatic carbocycles. The number of aliphatic hydroxyl groups excluding tert-OH is 2. The Balaban J connectivity index is 0. The van der Waals surface area contributed by atoms with Gasteiger partial charge in [-0.1, -0.05) is 12.2 Å². The summed E-state index contributed by atoms with van der Waals surface area (Å²) < 4.78 is 0. The molecule has 0 atom stereocenters. The fourth-order valence-corrected chi connectivity index (χ4v) is 0.283. The van der Waals surface area contributed by atoms with Crippen molar-refractivity contribution in [2.45, 2.75) is 6.92 Å². The minimum absolute atomic E-state index is 0.139. The molecule has 0 aliphatic carbocycles. The Hall–Kier alpha value is -0.0900. The van der Waals surface area contributed by atoms with Gasteiger partial charge in [-0.3, -0.25) is 0 Å². The summed E-state index contributed by atoms with van der Waals surface area (Å²) in [6.45, 7) is 6.86. The van der Waals surface area contributed by atoms with E-state index >= 15 is 0 Å². The number of nitrogens with one attached hydrogen (secondary N) is 1. The lowest BCUT2D eigenvalue weighted by Crippen LogP contribution is -2.21. The van der Waals surface area contributed by atoms with E-state index in [4.69, 9.17) is 21.8 Å². The van der Waals surface area contributed by atoms with Gasteiger partial charge in [0.15, 0.2) is 0 Å². The monoisotopic (exact) mass is 195 g/mol. The second kappa shape index (κ2) is 13.5. The van der Waals surface area contributed by atoms with E-state index in [0.29, 0.717) is 19.0 Å². The van der Waals surface area contributed by atoms with E-state index in [2.05, 4.69) is 11.9 Å². The standard InChI is InChI=1S/C4H7Cl.C4H11NO2/c1-4(2)3-5;6-3-1-5-2-4-7/h1,3H2,2H3;5-7H,1-4H2. The van der Waals surface area contributed by atoms with Gasteiger partial charge in [0.05, 0.1) is 13.2 Å². The van der Waals surface area contributed by atoms with Gasteiger partial charge in [-0.25, -0.2) is 0 Å². The van der Waals surface area contributed by atoms with Crippen LogP contribution in [0.3, 0.4) is 0 Å². The number of aliphatic hydroxyl groups is 2. The Kier molecular flexibility index (Phi) is 16.2. The molecule has 0 saturated carbocycles. The Bertz CT molecular complexity index is 95.1. The molecule has 0 rings (SSSR count). The minimum Gasteiger partial charge on any atom is -0.395 e. The van der Waals surface area contributed by atoms with Crippen LogP contribution in [-0.2, 0) is 0 Å². The Morgan fingerprint density at radius 3 is 1.83 bits per heavy atom. The van der Waals surface area contributed by atoms with Crippen LogP contribution in [0, 0.1) is 0 Å². The molecule has 0 unspecified atom stereocenters. The summed E-state index contributed by atoms with van der Waals surface area (Å²) in [7, 11) is 0. The van der Waals surface area contributed by atoms with Crippen molar-refractivity contribution in [3.05, 3.63) is 12.2 Å². The maximum atomic E-state index is 8.15. The average molecular weight is 196 g/mol. The third kappa shape index (κ3) is 22.5. The van der Waals surface area contributed by atoms with Crippen molar-refractivity contribution in [1.82, 2.24) is 5.32 Å². The number of rotatable bonds is 5. The molecule has 0 aromatic rings. The molecule has 0 bridgehead atoms. The van der Waals surface area contributed by atoms with Crippen molar-refractivity contribution < 1.29 is 10.2 Å². The van der Waals surface area contributed by atoms with Crippen LogP contribution in [-0.4, -0.2) is 42.4 Å². The summed E-state index contributed by atoms with van der Waals surface area (Å²) in [6.07, 6.45) is 0. The van der Waals surface area contributed by atoms with Gasteiger partial charge >= 0.3 is 0 Å². The van der Waals surface area contributed by atoms with Gasteiger partial charge in [-0.05, 0) is 6.92 Å². The highest BCUT2D eigenvalue weighted by Crippen LogP contribution is 1.86. The molecule has 4 heteroatoms. The fraction of sp³-hybridized carbons (Fsp3) is 0.750. The van der Waals surface area contributed by atoms with Crippen LogP contribution in [0.15, 0.2) is 12.2 Å². The van der Waals surface area contributed by atoms with Gasteiger partial charge < -0.3 is 15.5 Å². The van der Waals surface area contributed by atoms with Gasteiger partial charge in [0.25, 0.3) is 0 Å². The molecule has 0 saturated heterocycles. The summed E-state index contributed by atoms with van der Waals surface area (Å²) in [5.74, 6) is 0.583. The SMILES string of the molecule is C=C(C)CCl.OCCNCCO. The smallest absolute Gasteiger partial charge is 0.0555 e.